The number of anilines is 1. The number of halogens is 2. The summed E-state index contributed by atoms with van der Waals surface area (Å²) in [6, 6.07) is -1.48. The van der Waals surface area contributed by atoms with Gasteiger partial charge in [0.25, 0.3) is 17.7 Å². The summed E-state index contributed by atoms with van der Waals surface area (Å²) in [4.78, 5) is 85.8. The van der Waals surface area contributed by atoms with Crippen LogP contribution in [0.25, 0.3) is 0 Å². The average molecular weight is 699 g/mol. The van der Waals surface area contributed by atoms with Gasteiger partial charge in [-0.1, -0.05) is 11.6 Å². The molecule has 0 aromatic heterocycles. The van der Waals surface area contributed by atoms with Crippen LogP contribution >= 0.6 is 23.8 Å². The summed E-state index contributed by atoms with van der Waals surface area (Å²) >= 11 is 11.3. The lowest BCUT2D eigenvalue weighted by Crippen LogP contribution is -2.49. The van der Waals surface area contributed by atoms with Crippen LogP contribution in [-0.2, 0) is 24.0 Å². The molecule has 2 rings (SSSR count). The Hall–Kier alpha value is -4.84. The van der Waals surface area contributed by atoms with Gasteiger partial charge in [-0.25, -0.2) is 14.0 Å². The van der Waals surface area contributed by atoms with Crippen molar-refractivity contribution >= 4 is 76.2 Å². The molecule has 0 bridgehead atoms. The monoisotopic (exact) mass is 698 g/mol. The Labute approximate surface area is 279 Å². The molecule has 0 spiro atoms. The molecule has 1 aromatic carbocycles. The highest BCUT2D eigenvalue weighted by molar-refractivity contribution is 7.80. The van der Waals surface area contributed by atoms with Crippen molar-refractivity contribution in [3.63, 3.8) is 0 Å². The molecular formula is C28H36ClFN8O8S. The number of imide groups is 1. The number of unbranched alkanes of at least 4 members (excludes halogenated alkanes) is 1. The SMILES string of the molecule is C[C@@H](C(=O)O)N(C)C(=O)c1cc(F)c(NC(=O)C(CCCNC(N)=O)NC(=O)CNC(=S)NCCCCN2C(=O)C=CC2=O)cc1Cl. The van der Waals surface area contributed by atoms with Gasteiger partial charge >= 0.3 is 12.0 Å². The smallest absolute Gasteiger partial charge is 0.326 e. The van der Waals surface area contributed by atoms with Crippen LogP contribution in [0.2, 0.25) is 5.02 Å². The van der Waals surface area contributed by atoms with Gasteiger partial charge in [0.1, 0.15) is 17.9 Å². The Bertz CT molecular complexity index is 1430. The summed E-state index contributed by atoms with van der Waals surface area (Å²) in [5.74, 6) is -5.40. The number of carbonyl (C=O) groups excluding carboxylic acids is 6. The lowest BCUT2D eigenvalue weighted by molar-refractivity contribution is -0.141. The first-order chi connectivity index (χ1) is 22.1. The van der Waals surface area contributed by atoms with Crippen molar-refractivity contribution < 1.29 is 43.1 Å². The van der Waals surface area contributed by atoms with Crippen LogP contribution in [0.4, 0.5) is 14.9 Å². The van der Waals surface area contributed by atoms with E-state index < -0.39 is 53.3 Å². The van der Waals surface area contributed by atoms with Crippen molar-refractivity contribution in [3.8, 4) is 0 Å². The van der Waals surface area contributed by atoms with Crippen molar-refractivity contribution in [1.29, 1.82) is 0 Å². The number of aliphatic carboxylic acids is 1. The number of hydrogen-bond donors (Lipinski definition) is 7. The summed E-state index contributed by atoms with van der Waals surface area (Å²) in [6.07, 6.45) is 3.72. The van der Waals surface area contributed by atoms with E-state index in [0.29, 0.717) is 19.4 Å². The number of nitrogens with two attached hydrogens (primary N) is 1. The summed E-state index contributed by atoms with van der Waals surface area (Å²) in [5.41, 5.74) is 4.32. The molecule has 256 valence electrons. The molecule has 0 radical (unpaired) electrons. The Kier molecular flexibility index (Phi) is 15.0. The molecule has 1 aliphatic rings. The quantitative estimate of drug-likeness (QED) is 0.0653. The van der Waals surface area contributed by atoms with Gasteiger partial charge in [0.15, 0.2) is 5.11 Å². The maximum absolute atomic E-state index is 15.0. The van der Waals surface area contributed by atoms with Crippen molar-refractivity contribution in [2.24, 2.45) is 5.73 Å². The zero-order valence-corrected chi connectivity index (χ0v) is 27.1. The van der Waals surface area contributed by atoms with E-state index in [1.54, 1.807) is 0 Å². The van der Waals surface area contributed by atoms with Crippen molar-refractivity contribution in [2.75, 3.05) is 38.5 Å². The van der Waals surface area contributed by atoms with Crippen LogP contribution in [0.5, 0.6) is 0 Å². The molecule has 47 heavy (non-hydrogen) atoms. The zero-order valence-electron chi connectivity index (χ0n) is 25.6. The number of benzene rings is 1. The van der Waals surface area contributed by atoms with Gasteiger partial charge in [0.2, 0.25) is 11.8 Å². The first-order valence-corrected chi connectivity index (χ1v) is 15.1. The van der Waals surface area contributed by atoms with Gasteiger partial charge in [-0.3, -0.25) is 28.9 Å². The number of nitrogens with zero attached hydrogens (tertiary/aromatic N) is 2. The predicted octanol–water partition coefficient (Wildman–Crippen LogP) is 0.0653. The van der Waals surface area contributed by atoms with Crippen LogP contribution in [0.1, 0.15) is 43.0 Å². The molecule has 1 unspecified atom stereocenters. The van der Waals surface area contributed by atoms with Crippen LogP contribution in [0, 0.1) is 5.82 Å². The van der Waals surface area contributed by atoms with Gasteiger partial charge in [-0.05, 0) is 57.0 Å². The number of urea groups is 1. The summed E-state index contributed by atoms with van der Waals surface area (Å²) < 4.78 is 15.0. The normalized spacial score (nSPS) is 13.4. The molecule has 16 nitrogen and oxygen atoms in total. The fourth-order valence-corrected chi connectivity index (χ4v) is 4.48. The summed E-state index contributed by atoms with van der Waals surface area (Å²) in [5, 5.41) is 21.8. The second-order valence-electron chi connectivity index (χ2n) is 10.3. The van der Waals surface area contributed by atoms with Crippen molar-refractivity contribution in [2.45, 2.75) is 44.7 Å². The Morgan fingerprint density at radius 3 is 2.30 bits per heavy atom. The molecular weight excluding hydrogens is 663 g/mol. The number of carbonyl (C=O) groups is 7. The number of primary amides is 1. The third-order valence-corrected chi connectivity index (χ3v) is 7.43. The maximum Gasteiger partial charge on any atom is 0.326 e. The number of likely N-dealkylation sites (N-methyl/N-ethyl adjacent to an activating group) is 1. The van der Waals surface area contributed by atoms with E-state index in [-0.39, 0.29) is 60.0 Å². The van der Waals surface area contributed by atoms with Gasteiger partial charge < -0.3 is 42.3 Å². The van der Waals surface area contributed by atoms with E-state index in [0.717, 1.165) is 21.9 Å². The van der Waals surface area contributed by atoms with Gasteiger partial charge in [-0.2, -0.15) is 0 Å². The van der Waals surface area contributed by atoms with E-state index in [1.165, 1.54) is 26.1 Å². The Morgan fingerprint density at radius 2 is 1.68 bits per heavy atom. The number of nitrogens with one attached hydrogen (secondary N) is 5. The summed E-state index contributed by atoms with van der Waals surface area (Å²) in [7, 11) is 1.21. The lowest BCUT2D eigenvalue weighted by Gasteiger charge is -2.22. The van der Waals surface area contributed by atoms with Crippen molar-refractivity contribution in [3.05, 3.63) is 40.7 Å². The minimum atomic E-state index is -1.28. The third kappa shape index (κ3) is 12.1. The molecule has 19 heteroatoms. The largest absolute Gasteiger partial charge is 0.480 e. The van der Waals surface area contributed by atoms with Crippen LogP contribution in [-0.4, -0.2) is 107 Å². The molecule has 0 aliphatic carbocycles. The van der Waals surface area contributed by atoms with Gasteiger partial charge in [0, 0.05) is 38.8 Å². The number of thiocarbonyl (C=S) groups is 1. The Balaban J connectivity index is 1.96. The maximum atomic E-state index is 15.0. The van der Waals surface area contributed by atoms with Crippen LogP contribution in [0.15, 0.2) is 24.3 Å². The predicted molar refractivity (Wildman–Crippen MR) is 172 cm³/mol. The first kappa shape index (κ1) is 38.3. The molecule has 0 saturated carbocycles. The van der Waals surface area contributed by atoms with Crippen LogP contribution < -0.4 is 32.3 Å². The molecule has 7 amide bonds. The number of carboxylic acids is 1. The van der Waals surface area contributed by atoms with E-state index in [1.807, 2.05) is 0 Å². The van der Waals surface area contributed by atoms with E-state index >= 15 is 0 Å². The first-order valence-electron chi connectivity index (χ1n) is 14.3. The molecule has 8 N–H and O–H groups in total. The van der Waals surface area contributed by atoms with Gasteiger partial charge in [0.05, 0.1) is 22.8 Å². The number of carboxylic acid groups (broad SMARTS) is 1. The molecule has 2 atom stereocenters. The van der Waals surface area contributed by atoms with Crippen molar-refractivity contribution in [1.82, 2.24) is 31.1 Å². The fourth-order valence-electron chi connectivity index (χ4n) is 4.06. The fraction of sp³-hybridized carbons (Fsp3) is 0.429. The Morgan fingerprint density at radius 1 is 1.04 bits per heavy atom. The molecule has 1 heterocycles. The standard InChI is InChI=1S/C28H36ClFN8O8S/c1-15(26(44)45)37(2)25(43)16-12-18(30)20(13-17(16)29)36-24(42)19(6-5-10-32-27(31)46)35-21(39)14-34-28(47)33-9-3-4-11-38-22(40)7-8-23(38)41/h7-8,12-13,15,19H,3-6,9-11,14H2,1-2H3,(H,35,39)(H,36,42)(H,44,45)(H3,31,32,46)(H2,33,34,47)/t15-,19?/m0/s1. The third-order valence-electron chi connectivity index (χ3n) is 6.83. The molecule has 1 aromatic rings. The average Bonchev–Trinajstić information content (AvgIpc) is 3.33. The molecule has 1 aliphatic heterocycles. The van der Waals surface area contributed by atoms with E-state index in [4.69, 9.17) is 34.7 Å². The minimum absolute atomic E-state index is 0.00187. The highest BCUT2D eigenvalue weighted by Gasteiger charge is 2.27. The summed E-state index contributed by atoms with van der Waals surface area (Å²) in [6.45, 7) is 1.66. The van der Waals surface area contributed by atoms with E-state index in [2.05, 4.69) is 26.6 Å². The number of amides is 7. The van der Waals surface area contributed by atoms with E-state index in [9.17, 15) is 38.0 Å². The molecule has 0 fully saturated rings. The second-order valence-corrected chi connectivity index (χ2v) is 11.1. The lowest BCUT2D eigenvalue weighted by atomic mass is 10.1. The minimum Gasteiger partial charge on any atom is -0.480 e. The number of rotatable bonds is 17. The zero-order chi connectivity index (χ0) is 35.3. The highest BCUT2D eigenvalue weighted by atomic mass is 35.5. The van der Waals surface area contributed by atoms with Gasteiger partial charge in [-0.15, -0.1) is 0 Å². The second kappa shape index (κ2) is 18.3. The topological polar surface area (TPSA) is 232 Å². The highest BCUT2D eigenvalue weighted by Crippen LogP contribution is 2.26. The molecule has 0 saturated heterocycles. The van der Waals surface area contributed by atoms with Crippen LogP contribution in [0.3, 0.4) is 0 Å². The number of hydrogen-bond acceptors (Lipinski definition) is 8.